The number of fused-ring (bicyclic) bond motifs is 29. The van der Waals surface area contributed by atoms with Crippen LogP contribution in [0.3, 0.4) is 0 Å². The van der Waals surface area contributed by atoms with Gasteiger partial charge in [-0.2, -0.15) is 0 Å². The monoisotopic (exact) mass is 1370 g/mol. The normalized spacial score (nSPS) is 13.9. The summed E-state index contributed by atoms with van der Waals surface area (Å²) in [6, 6.07) is 153. The summed E-state index contributed by atoms with van der Waals surface area (Å²) in [4.78, 5) is 4.96. The minimum absolute atomic E-state index is 0.312. The van der Waals surface area contributed by atoms with Crippen LogP contribution in [0.5, 0.6) is 0 Å². The second-order valence-electron chi connectivity index (χ2n) is 29.3. The van der Waals surface area contributed by atoms with E-state index >= 15 is 0 Å². The van der Waals surface area contributed by atoms with Crippen LogP contribution < -0.4 is 15.1 Å². The molecule has 0 saturated carbocycles. The lowest BCUT2D eigenvalue weighted by molar-refractivity contribution is 0.752. The first kappa shape index (κ1) is 61.6. The van der Waals surface area contributed by atoms with Gasteiger partial charge in [-0.1, -0.05) is 328 Å². The van der Waals surface area contributed by atoms with E-state index in [1.165, 1.54) is 156 Å². The molecule has 17 aromatic carbocycles. The Labute approximate surface area is 629 Å². The largest absolute Gasteiger partial charge is 0.356 e. The molecule has 3 spiro atoms. The lowest BCUT2D eigenvalue weighted by atomic mass is 9.64. The average Bonchev–Trinajstić information content (AvgIpc) is 1.03. The summed E-state index contributed by atoms with van der Waals surface area (Å²) in [6.07, 6.45) is 0. The number of rotatable bonds is 8. The van der Waals surface area contributed by atoms with E-state index in [1.54, 1.807) is 0 Å². The molecule has 3 nitrogen and oxygen atoms in total. The Balaban J connectivity index is 0.000000160. The highest BCUT2D eigenvalue weighted by molar-refractivity contribution is 6.01. The molecule has 1 N–H and O–H groups in total. The molecule has 23 rings (SSSR count). The summed E-state index contributed by atoms with van der Waals surface area (Å²) in [5.74, 6) is 0. The highest BCUT2D eigenvalue weighted by atomic mass is 15.2. The van der Waals surface area contributed by atoms with Gasteiger partial charge in [-0.15, -0.1) is 0 Å². The van der Waals surface area contributed by atoms with Crippen molar-refractivity contribution in [1.82, 2.24) is 0 Å². The Bertz CT molecular complexity index is 6300. The second kappa shape index (κ2) is 24.1. The molecule has 6 aliphatic rings. The smallest absolute Gasteiger partial charge is 0.0755 e. The molecule has 0 bridgehead atoms. The highest BCUT2D eigenvalue weighted by Gasteiger charge is 2.55. The summed E-state index contributed by atoms with van der Waals surface area (Å²) in [6.45, 7) is 0. The van der Waals surface area contributed by atoms with Crippen molar-refractivity contribution in [3.05, 3.63) is 479 Å². The fourth-order valence-electron chi connectivity index (χ4n) is 19.9. The lowest BCUT2D eigenvalue weighted by Crippen LogP contribution is -2.36. The van der Waals surface area contributed by atoms with Crippen molar-refractivity contribution in [3.8, 4) is 77.9 Å². The molecule has 0 radical (unpaired) electrons. The van der Waals surface area contributed by atoms with Crippen molar-refractivity contribution < 1.29 is 0 Å². The zero-order chi connectivity index (χ0) is 71.1. The number of hydrogen-bond donors (Lipinski definition) is 1. The van der Waals surface area contributed by atoms with E-state index in [0.717, 1.165) is 34.1 Å². The summed E-state index contributed by atoms with van der Waals surface area (Å²) >= 11 is 0. The van der Waals surface area contributed by atoms with Gasteiger partial charge in [0, 0.05) is 34.1 Å². The van der Waals surface area contributed by atoms with Crippen molar-refractivity contribution in [2.24, 2.45) is 0 Å². The SMILES string of the molecule is c1ccc(-c2ccc(N(c3ccc4c(c3)C3(c5ccccc5-c5ccccc53)c3ccccc3-4)c3ccc4c(c3)C3(c5ccccc5-4)c4ccccc4N(c4ccccc4)c4ccccc43)cc2)cc1.c1ccc(-c2ccc(Nc3ccc4c(c3)C3(c5ccccc5-c5ccccc53)c3ccccc3-4)cc2)cc1. The standard InChI is InChI=1S/C68H44N2.C37H25N/c1-3-19-45(20-4-1)46-35-37-48(38-36-46)69(49-39-41-55-53-25-9-13-29-59(53)67(63(55)43-49)57-27-11-7-23-51(57)52-24-8-12-28-58(52)67)50-40-42-56-54-26-10-14-30-60(54)68(64(56)44-50)61-31-15-17-33-65(61)70(47-21-5-2-6-22-47)66-34-18-16-32-62(66)68;1-2-10-25(11-3-1)26-18-20-27(21-19-26)38-28-22-23-32-31-14-6-9-17-35(31)37(36(32)24-28)33-15-7-4-12-29(33)30-13-5-8-16-34(30)37/h1-44H;1-24,38H. The van der Waals surface area contributed by atoms with Gasteiger partial charge in [-0.3, -0.25) is 0 Å². The van der Waals surface area contributed by atoms with Crippen molar-refractivity contribution >= 4 is 45.5 Å². The van der Waals surface area contributed by atoms with Crippen LogP contribution in [0.15, 0.2) is 413 Å². The van der Waals surface area contributed by atoms with Gasteiger partial charge < -0.3 is 15.1 Å². The fraction of sp³-hybridized carbons (Fsp3) is 0.0286. The molecule has 108 heavy (non-hydrogen) atoms. The molecule has 504 valence electrons. The minimum Gasteiger partial charge on any atom is -0.356 e. The molecule has 0 fully saturated rings. The maximum atomic E-state index is 3.69. The molecule has 1 aliphatic heterocycles. The van der Waals surface area contributed by atoms with Crippen molar-refractivity contribution in [1.29, 1.82) is 0 Å². The summed E-state index contributed by atoms with van der Waals surface area (Å²) in [5, 5.41) is 3.69. The van der Waals surface area contributed by atoms with E-state index in [4.69, 9.17) is 0 Å². The van der Waals surface area contributed by atoms with Crippen LogP contribution in [-0.2, 0) is 16.2 Å². The Kier molecular flexibility index (Phi) is 13.7. The summed E-state index contributed by atoms with van der Waals surface area (Å²) in [7, 11) is 0. The van der Waals surface area contributed by atoms with Crippen LogP contribution in [0.1, 0.15) is 66.8 Å². The first-order chi connectivity index (χ1) is 53.6. The van der Waals surface area contributed by atoms with E-state index in [-0.39, 0.29) is 5.41 Å². The average molecular weight is 1370 g/mol. The molecule has 3 heteroatoms. The van der Waals surface area contributed by atoms with E-state index in [1.807, 2.05) is 0 Å². The van der Waals surface area contributed by atoms with Gasteiger partial charge in [0.05, 0.1) is 27.6 Å². The van der Waals surface area contributed by atoms with E-state index in [0.29, 0.717) is 0 Å². The number of para-hydroxylation sites is 3. The Hall–Kier alpha value is -13.9. The maximum Gasteiger partial charge on any atom is 0.0755 e. The van der Waals surface area contributed by atoms with Gasteiger partial charge >= 0.3 is 0 Å². The van der Waals surface area contributed by atoms with Crippen molar-refractivity contribution in [2.45, 2.75) is 16.2 Å². The van der Waals surface area contributed by atoms with Crippen LogP contribution in [0.25, 0.3) is 77.9 Å². The first-order valence-corrected chi connectivity index (χ1v) is 37.6. The molecule has 0 saturated heterocycles. The number of nitrogens with one attached hydrogen (secondary N) is 1. The van der Waals surface area contributed by atoms with E-state index in [2.05, 4.69) is 428 Å². The van der Waals surface area contributed by atoms with E-state index in [9.17, 15) is 0 Å². The molecule has 0 unspecified atom stereocenters. The van der Waals surface area contributed by atoms with Crippen LogP contribution in [0, 0.1) is 0 Å². The van der Waals surface area contributed by atoms with Gasteiger partial charge in [0.2, 0.25) is 0 Å². The van der Waals surface area contributed by atoms with Gasteiger partial charge in [-0.25, -0.2) is 0 Å². The predicted molar refractivity (Wildman–Crippen MR) is 446 cm³/mol. The van der Waals surface area contributed by atoms with Gasteiger partial charge in [0.1, 0.15) is 0 Å². The fourth-order valence-corrected chi connectivity index (χ4v) is 19.9. The van der Waals surface area contributed by atoms with Crippen molar-refractivity contribution in [2.75, 3.05) is 15.1 Å². The molecule has 17 aromatic rings. The van der Waals surface area contributed by atoms with Crippen LogP contribution in [0.2, 0.25) is 0 Å². The predicted octanol–water partition coefficient (Wildman–Crippen LogP) is 26.8. The Morgan fingerprint density at radius 3 is 0.824 bits per heavy atom. The molecular weight excluding hydrogens is 1300 g/mol. The quantitative estimate of drug-likeness (QED) is 0.164. The molecule has 5 aliphatic carbocycles. The minimum atomic E-state index is -0.593. The van der Waals surface area contributed by atoms with Gasteiger partial charge in [-0.05, 0) is 230 Å². The Morgan fingerprint density at radius 1 is 0.185 bits per heavy atom. The third-order valence-electron chi connectivity index (χ3n) is 24.1. The number of hydrogen-bond acceptors (Lipinski definition) is 3. The second-order valence-corrected chi connectivity index (χ2v) is 29.3. The molecule has 1 heterocycles. The molecule has 0 amide bonds. The summed E-state index contributed by atoms with van der Waals surface area (Å²) in [5.41, 5.74) is 41.5. The van der Waals surface area contributed by atoms with Crippen molar-refractivity contribution in [3.63, 3.8) is 0 Å². The third-order valence-corrected chi connectivity index (χ3v) is 24.1. The Morgan fingerprint density at radius 2 is 0.444 bits per heavy atom. The highest BCUT2D eigenvalue weighted by Crippen LogP contribution is 2.67. The molecule has 0 aromatic heterocycles. The molecule has 0 atom stereocenters. The number of nitrogens with zero attached hydrogens (tertiary/aromatic N) is 2. The van der Waals surface area contributed by atoms with Crippen LogP contribution in [0.4, 0.5) is 45.5 Å². The van der Waals surface area contributed by atoms with Gasteiger partial charge in [0.25, 0.3) is 0 Å². The van der Waals surface area contributed by atoms with Gasteiger partial charge in [0.15, 0.2) is 0 Å². The summed E-state index contributed by atoms with van der Waals surface area (Å²) < 4.78 is 0. The molecular formula is C105H69N3. The third kappa shape index (κ3) is 8.73. The number of anilines is 8. The topological polar surface area (TPSA) is 18.5 Å². The van der Waals surface area contributed by atoms with E-state index < -0.39 is 10.8 Å². The van der Waals surface area contributed by atoms with Crippen LogP contribution in [-0.4, -0.2) is 0 Å². The zero-order valence-corrected chi connectivity index (χ0v) is 59.2. The maximum absolute atomic E-state index is 3.69. The number of benzene rings is 17. The first-order valence-electron chi connectivity index (χ1n) is 37.6. The zero-order valence-electron chi connectivity index (χ0n) is 59.2. The lowest BCUT2D eigenvalue weighted by Gasteiger charge is -2.45. The van der Waals surface area contributed by atoms with Crippen LogP contribution >= 0.6 is 0 Å².